The molecule has 156 valence electrons. The number of aliphatic hydroxyl groups is 2. The monoisotopic (exact) mass is 402 g/mol. The summed E-state index contributed by atoms with van der Waals surface area (Å²) in [5.41, 5.74) is 7.05. The van der Waals surface area contributed by atoms with Crippen LogP contribution >= 0.6 is 12.6 Å². The zero-order valence-electron chi connectivity index (χ0n) is 16.1. The molecule has 0 spiro atoms. The number of ether oxygens (including phenoxy) is 3. The maximum Gasteiger partial charge on any atom is 0.108 e. The van der Waals surface area contributed by atoms with E-state index in [1.807, 2.05) is 12.2 Å². The number of aliphatic imine (C=N–C) groups is 1. The highest BCUT2D eigenvalue weighted by atomic mass is 32.1. The van der Waals surface area contributed by atoms with Gasteiger partial charge in [0, 0.05) is 25.4 Å². The molecule has 1 saturated heterocycles. The molecule has 1 heterocycles. The highest BCUT2D eigenvalue weighted by Crippen LogP contribution is 2.25. The van der Waals surface area contributed by atoms with Crippen molar-refractivity contribution in [1.82, 2.24) is 0 Å². The first-order chi connectivity index (χ1) is 13.0. The van der Waals surface area contributed by atoms with Crippen molar-refractivity contribution in [3.05, 3.63) is 24.3 Å². The van der Waals surface area contributed by atoms with E-state index in [-0.39, 0.29) is 18.0 Å². The van der Waals surface area contributed by atoms with E-state index >= 15 is 0 Å². The summed E-state index contributed by atoms with van der Waals surface area (Å²) >= 11 is 4.40. The molecular formula is C19H34N2O5S. The summed E-state index contributed by atoms with van der Waals surface area (Å²) < 4.78 is 16.5. The van der Waals surface area contributed by atoms with Crippen LogP contribution in [-0.2, 0) is 14.2 Å². The molecule has 7 nitrogen and oxygen atoms in total. The largest absolute Gasteiger partial charge is 0.394 e. The second-order valence-corrected chi connectivity index (χ2v) is 7.06. The molecule has 0 saturated carbocycles. The van der Waals surface area contributed by atoms with Crippen molar-refractivity contribution < 1.29 is 24.4 Å². The van der Waals surface area contributed by atoms with Gasteiger partial charge in [-0.2, -0.15) is 12.6 Å². The quantitative estimate of drug-likeness (QED) is 0.157. The average Bonchev–Trinajstić information content (AvgIpc) is 2.66. The Bertz CT molecular complexity index is 487. The van der Waals surface area contributed by atoms with Crippen LogP contribution in [0.25, 0.3) is 0 Å². The number of nitrogens with two attached hydrogens (primary N) is 1. The maximum absolute atomic E-state index is 9.97. The second kappa shape index (κ2) is 14.3. The fourth-order valence-corrected chi connectivity index (χ4v) is 3.10. The van der Waals surface area contributed by atoms with E-state index < -0.39 is 12.2 Å². The van der Waals surface area contributed by atoms with Crippen LogP contribution in [0.4, 0.5) is 0 Å². The molecule has 0 unspecified atom stereocenters. The lowest BCUT2D eigenvalue weighted by Gasteiger charge is -2.36. The second-order valence-electron chi connectivity index (χ2n) is 6.40. The van der Waals surface area contributed by atoms with Gasteiger partial charge in [-0.15, -0.1) is 0 Å². The Morgan fingerprint density at radius 2 is 2.00 bits per heavy atom. The van der Waals surface area contributed by atoms with E-state index in [1.54, 1.807) is 7.05 Å². The van der Waals surface area contributed by atoms with Gasteiger partial charge in [0.25, 0.3) is 0 Å². The molecule has 8 heteroatoms. The molecule has 27 heavy (non-hydrogen) atoms. The SMILES string of the molecule is C=C(/C=C\C(=NC)[C@@H]1C[C@@H](S)[C@@H](O)[C@@H](CO)O1)CCCOCCOCCN. The molecule has 0 bridgehead atoms. The number of nitrogens with zero attached hydrogens (tertiary/aromatic N) is 1. The van der Waals surface area contributed by atoms with E-state index in [9.17, 15) is 10.2 Å². The number of allylic oxidation sites excluding steroid dienone is 2. The molecule has 1 aliphatic rings. The minimum atomic E-state index is -0.785. The number of thiol groups is 1. The molecular weight excluding hydrogens is 368 g/mol. The number of hydrogen-bond donors (Lipinski definition) is 4. The van der Waals surface area contributed by atoms with Crippen LogP contribution in [0.1, 0.15) is 19.3 Å². The van der Waals surface area contributed by atoms with Crippen LogP contribution in [0.3, 0.4) is 0 Å². The third kappa shape index (κ3) is 9.34. The van der Waals surface area contributed by atoms with Gasteiger partial charge >= 0.3 is 0 Å². The Kier molecular flexibility index (Phi) is 12.9. The van der Waals surface area contributed by atoms with Gasteiger partial charge in [-0.05, 0) is 25.3 Å². The Labute approximate surface area is 167 Å². The van der Waals surface area contributed by atoms with Crippen molar-refractivity contribution in [2.75, 3.05) is 46.6 Å². The van der Waals surface area contributed by atoms with Crippen LogP contribution in [0.5, 0.6) is 0 Å². The Morgan fingerprint density at radius 3 is 2.63 bits per heavy atom. The molecule has 1 fully saturated rings. The van der Waals surface area contributed by atoms with Crippen molar-refractivity contribution in [3.8, 4) is 0 Å². The predicted molar refractivity (Wildman–Crippen MR) is 111 cm³/mol. The molecule has 0 aromatic carbocycles. The summed E-state index contributed by atoms with van der Waals surface area (Å²) in [6.07, 6.45) is 4.27. The summed E-state index contributed by atoms with van der Waals surface area (Å²) in [4.78, 5) is 4.28. The minimum Gasteiger partial charge on any atom is -0.394 e. The number of hydrogen-bond acceptors (Lipinski definition) is 8. The van der Waals surface area contributed by atoms with E-state index in [0.717, 1.165) is 24.1 Å². The highest BCUT2D eigenvalue weighted by Gasteiger charge is 2.36. The summed E-state index contributed by atoms with van der Waals surface area (Å²) in [6, 6.07) is 0. The van der Waals surface area contributed by atoms with Crippen molar-refractivity contribution in [2.24, 2.45) is 10.7 Å². The van der Waals surface area contributed by atoms with Crippen LogP contribution in [0.15, 0.2) is 29.3 Å². The third-order valence-electron chi connectivity index (χ3n) is 4.25. The van der Waals surface area contributed by atoms with Gasteiger partial charge in [0.1, 0.15) is 12.2 Å². The lowest BCUT2D eigenvalue weighted by molar-refractivity contribution is -0.108. The highest BCUT2D eigenvalue weighted by molar-refractivity contribution is 7.81. The first-order valence-corrected chi connectivity index (χ1v) is 9.85. The lowest BCUT2D eigenvalue weighted by atomic mass is 9.97. The van der Waals surface area contributed by atoms with Crippen molar-refractivity contribution in [3.63, 3.8) is 0 Å². The van der Waals surface area contributed by atoms with Gasteiger partial charge in [-0.1, -0.05) is 18.2 Å². The third-order valence-corrected chi connectivity index (χ3v) is 4.76. The van der Waals surface area contributed by atoms with Crippen LogP contribution in [0, 0.1) is 0 Å². The average molecular weight is 403 g/mol. The first kappa shape index (κ1) is 24.3. The molecule has 4 N–H and O–H groups in total. The van der Waals surface area contributed by atoms with Gasteiger partial charge in [0.15, 0.2) is 0 Å². The summed E-state index contributed by atoms with van der Waals surface area (Å²) in [7, 11) is 1.69. The fraction of sp³-hybridized carbons (Fsp3) is 0.737. The molecule has 1 rings (SSSR count). The smallest absolute Gasteiger partial charge is 0.108 e. The van der Waals surface area contributed by atoms with E-state index in [0.29, 0.717) is 39.4 Å². The van der Waals surface area contributed by atoms with Gasteiger partial charge in [0.05, 0.1) is 38.2 Å². The Hall–Kier alpha value is -0.740. The minimum absolute atomic E-state index is 0.251. The van der Waals surface area contributed by atoms with Crippen molar-refractivity contribution in [2.45, 2.75) is 42.8 Å². The van der Waals surface area contributed by atoms with Gasteiger partial charge < -0.3 is 30.2 Å². The van der Waals surface area contributed by atoms with Crippen molar-refractivity contribution >= 4 is 18.3 Å². The van der Waals surface area contributed by atoms with Crippen LogP contribution < -0.4 is 5.73 Å². The van der Waals surface area contributed by atoms with E-state index in [2.05, 4.69) is 24.2 Å². The maximum atomic E-state index is 9.97. The van der Waals surface area contributed by atoms with Crippen LogP contribution in [0.2, 0.25) is 0 Å². The predicted octanol–water partition coefficient (Wildman–Crippen LogP) is 0.751. The zero-order chi connectivity index (χ0) is 20.1. The van der Waals surface area contributed by atoms with Crippen molar-refractivity contribution in [1.29, 1.82) is 0 Å². The summed E-state index contributed by atoms with van der Waals surface area (Å²) in [5, 5.41) is 19.1. The molecule has 1 aliphatic heterocycles. The summed E-state index contributed by atoms with van der Waals surface area (Å²) in [6.45, 7) is 6.66. The van der Waals surface area contributed by atoms with Crippen LogP contribution in [-0.4, -0.2) is 86.1 Å². The van der Waals surface area contributed by atoms with E-state index in [1.165, 1.54) is 0 Å². The molecule has 0 radical (unpaired) electrons. The lowest BCUT2D eigenvalue weighted by Crippen LogP contribution is -2.49. The Balaban J connectivity index is 2.33. The fourth-order valence-electron chi connectivity index (χ4n) is 2.71. The molecule has 0 aromatic heterocycles. The molecule has 0 aliphatic carbocycles. The molecule has 4 atom stereocenters. The normalized spacial score (nSPS) is 26.6. The van der Waals surface area contributed by atoms with Gasteiger partial charge in [0.2, 0.25) is 0 Å². The topological polar surface area (TPSA) is 107 Å². The Morgan fingerprint density at radius 1 is 1.30 bits per heavy atom. The van der Waals surface area contributed by atoms with E-state index in [4.69, 9.17) is 19.9 Å². The first-order valence-electron chi connectivity index (χ1n) is 9.34. The number of aliphatic hydroxyl groups excluding tert-OH is 2. The molecule has 0 aromatic rings. The molecule has 0 amide bonds. The standard InChI is InChI=1S/C19H34N2O5S/c1-14(4-3-8-24-10-11-25-9-7-20)5-6-15(21-2)16-12-18(27)19(23)17(13-22)26-16/h5-6,16-19,22-23,27H,1,3-4,7-13,20H2,2H3/b6-5-,21-15?/t16-,17+,18+,19-/m0/s1. The van der Waals surface area contributed by atoms with Gasteiger partial charge in [-0.3, -0.25) is 4.99 Å². The summed E-state index contributed by atoms with van der Waals surface area (Å²) in [5.74, 6) is 0. The zero-order valence-corrected chi connectivity index (χ0v) is 17.0. The number of rotatable bonds is 13. The van der Waals surface area contributed by atoms with Gasteiger partial charge in [-0.25, -0.2) is 0 Å².